The van der Waals surface area contributed by atoms with Gasteiger partial charge in [0.25, 0.3) is 12.3 Å². The molecule has 3 aromatic rings. The van der Waals surface area contributed by atoms with Crippen LogP contribution in [0.4, 0.5) is 22.0 Å². The summed E-state index contributed by atoms with van der Waals surface area (Å²) in [6.07, 6.45) is -4.31. The number of aromatic nitrogens is 3. The van der Waals surface area contributed by atoms with E-state index in [2.05, 4.69) is 15.3 Å². The van der Waals surface area contributed by atoms with Crippen LogP contribution < -0.4 is 5.32 Å². The minimum atomic E-state index is -4.52. The molecule has 0 saturated carbocycles. The van der Waals surface area contributed by atoms with Gasteiger partial charge in [-0.25, -0.2) is 13.8 Å². The number of amides is 2. The molecule has 35 heavy (non-hydrogen) atoms. The van der Waals surface area contributed by atoms with E-state index in [0.29, 0.717) is 10.9 Å². The van der Waals surface area contributed by atoms with Crippen LogP contribution in [0, 0.1) is 0 Å². The summed E-state index contributed by atoms with van der Waals surface area (Å²) < 4.78 is 70.4. The molecule has 8 nitrogen and oxygen atoms in total. The number of nitrogens with one attached hydrogen (secondary N) is 1. The molecule has 1 aliphatic heterocycles. The monoisotopic (exact) mass is 497 g/mol. The fraction of sp³-hybridized carbons (Fsp3) is 0.364. The Morgan fingerprint density at radius 1 is 1.17 bits per heavy atom. The molecule has 1 saturated heterocycles. The second kappa shape index (κ2) is 9.56. The smallest absolute Gasteiger partial charge is 0.368 e. The summed E-state index contributed by atoms with van der Waals surface area (Å²) in [5.74, 6) is -0.700. The second-order valence-electron chi connectivity index (χ2n) is 7.98. The Hall–Kier alpha value is -3.61. The highest BCUT2D eigenvalue weighted by Crippen LogP contribution is 2.29. The Balaban J connectivity index is 1.56. The molecule has 0 radical (unpaired) electrons. The third kappa shape index (κ3) is 5.39. The molecule has 0 aliphatic carbocycles. The van der Waals surface area contributed by atoms with Crippen molar-refractivity contribution in [2.45, 2.75) is 31.7 Å². The van der Waals surface area contributed by atoms with E-state index in [1.165, 1.54) is 34.7 Å². The summed E-state index contributed by atoms with van der Waals surface area (Å²) in [5, 5.41) is 3.29. The van der Waals surface area contributed by atoms with Crippen LogP contribution in [-0.4, -0.2) is 69.5 Å². The van der Waals surface area contributed by atoms with Crippen molar-refractivity contribution in [1.82, 2.24) is 24.8 Å². The molecule has 4 rings (SSSR count). The summed E-state index contributed by atoms with van der Waals surface area (Å²) >= 11 is 0. The maximum absolute atomic E-state index is 12.9. The highest BCUT2D eigenvalue weighted by atomic mass is 19.4. The summed E-state index contributed by atoms with van der Waals surface area (Å²) in [4.78, 5) is 34.0. The van der Waals surface area contributed by atoms with E-state index in [1.54, 1.807) is 12.3 Å². The first-order valence-corrected chi connectivity index (χ1v) is 10.5. The van der Waals surface area contributed by atoms with Crippen molar-refractivity contribution in [3.8, 4) is 5.82 Å². The summed E-state index contributed by atoms with van der Waals surface area (Å²) in [5.41, 5.74) is -0.433. The molecule has 1 fully saturated rings. The van der Waals surface area contributed by atoms with Crippen molar-refractivity contribution in [2.24, 2.45) is 0 Å². The molecule has 0 spiro atoms. The zero-order valence-corrected chi connectivity index (χ0v) is 18.3. The number of hydrogen-bond donors (Lipinski definition) is 1. The molecule has 1 aliphatic rings. The van der Waals surface area contributed by atoms with Gasteiger partial charge >= 0.3 is 6.18 Å². The Morgan fingerprint density at radius 2 is 1.94 bits per heavy atom. The first-order valence-electron chi connectivity index (χ1n) is 10.5. The van der Waals surface area contributed by atoms with Gasteiger partial charge in [-0.3, -0.25) is 14.6 Å². The minimum absolute atomic E-state index is 0.0155. The summed E-state index contributed by atoms with van der Waals surface area (Å²) in [6, 6.07) is 4.49. The number of nitrogens with zero attached hydrogens (tertiary/aromatic N) is 4. The van der Waals surface area contributed by atoms with Gasteiger partial charge < -0.3 is 19.5 Å². The third-order valence-electron chi connectivity index (χ3n) is 5.59. The summed E-state index contributed by atoms with van der Waals surface area (Å²) in [7, 11) is 0. The van der Waals surface area contributed by atoms with Crippen LogP contribution in [-0.2, 0) is 15.7 Å². The largest absolute Gasteiger partial charge is 0.417 e. The lowest BCUT2D eigenvalue weighted by Crippen LogP contribution is -2.44. The van der Waals surface area contributed by atoms with Gasteiger partial charge in [0.05, 0.1) is 23.2 Å². The van der Waals surface area contributed by atoms with Gasteiger partial charge in [-0.15, -0.1) is 0 Å². The van der Waals surface area contributed by atoms with Crippen molar-refractivity contribution >= 4 is 22.7 Å². The lowest BCUT2D eigenvalue weighted by atomic mass is 10.2. The number of likely N-dealkylation sites (tertiary alicyclic amines) is 1. The molecule has 4 heterocycles. The van der Waals surface area contributed by atoms with Crippen LogP contribution in [0.2, 0.25) is 0 Å². The molecule has 1 N–H and O–H groups in total. The van der Waals surface area contributed by atoms with Crippen molar-refractivity contribution in [3.05, 3.63) is 54.1 Å². The zero-order chi connectivity index (χ0) is 25.3. The molecular weight excluding hydrogens is 477 g/mol. The topological polar surface area (TPSA) is 89.4 Å². The van der Waals surface area contributed by atoms with E-state index in [9.17, 15) is 31.5 Å². The van der Waals surface area contributed by atoms with Gasteiger partial charge in [-0.2, -0.15) is 13.2 Å². The van der Waals surface area contributed by atoms with Gasteiger partial charge in [0.1, 0.15) is 18.1 Å². The van der Waals surface area contributed by atoms with Crippen LogP contribution in [0.1, 0.15) is 23.0 Å². The molecule has 3 aromatic heterocycles. The van der Waals surface area contributed by atoms with E-state index >= 15 is 0 Å². The van der Waals surface area contributed by atoms with Crippen molar-refractivity contribution in [2.75, 3.05) is 19.7 Å². The Kier molecular flexibility index (Phi) is 6.70. The third-order valence-corrected chi connectivity index (χ3v) is 5.59. The van der Waals surface area contributed by atoms with Crippen LogP contribution in [0.3, 0.4) is 0 Å². The lowest BCUT2D eigenvalue weighted by Gasteiger charge is -2.19. The maximum atomic E-state index is 12.9. The standard InChI is InChI=1S/C22H20F5N5O3/c1-12(33)31-9-16(18(10-31)35-11-19(23)24)30-21(34)15-6-17-13(7-28-15)4-5-32(17)20-3-2-14(8-29-20)22(25,26)27/h2-8,16,18-19H,9-11H2,1H3,(H,30,34)/t16-,18-/m1/s1. The van der Waals surface area contributed by atoms with Gasteiger partial charge in [-0.05, 0) is 24.3 Å². The van der Waals surface area contributed by atoms with Gasteiger partial charge in [0, 0.05) is 44.0 Å². The fourth-order valence-corrected chi connectivity index (χ4v) is 3.82. The molecule has 0 aromatic carbocycles. The molecule has 2 atom stereocenters. The van der Waals surface area contributed by atoms with E-state index < -0.39 is 42.8 Å². The summed E-state index contributed by atoms with van der Waals surface area (Å²) in [6.45, 7) is 0.638. The Bertz CT molecular complexity index is 1230. The molecule has 0 bridgehead atoms. The predicted octanol–water partition coefficient (Wildman–Crippen LogP) is 3.05. The number of hydrogen-bond acceptors (Lipinski definition) is 5. The first-order chi connectivity index (χ1) is 16.5. The fourth-order valence-electron chi connectivity index (χ4n) is 3.82. The number of ether oxygens (including phenoxy) is 1. The van der Waals surface area contributed by atoms with Crippen LogP contribution in [0.15, 0.2) is 42.9 Å². The van der Waals surface area contributed by atoms with Gasteiger partial charge in [0.2, 0.25) is 5.91 Å². The minimum Gasteiger partial charge on any atom is -0.368 e. The quantitative estimate of drug-likeness (QED) is 0.529. The van der Waals surface area contributed by atoms with Gasteiger partial charge in [0.15, 0.2) is 0 Å². The molecule has 13 heteroatoms. The molecular formula is C22H20F5N5O3. The highest BCUT2D eigenvalue weighted by molar-refractivity contribution is 5.96. The Labute approximate surface area is 195 Å². The average molecular weight is 497 g/mol. The van der Waals surface area contributed by atoms with Crippen molar-refractivity contribution in [1.29, 1.82) is 0 Å². The second-order valence-corrected chi connectivity index (χ2v) is 7.98. The number of halogens is 5. The average Bonchev–Trinajstić information content (AvgIpc) is 3.41. The lowest BCUT2D eigenvalue weighted by molar-refractivity contribution is -0.137. The van der Waals surface area contributed by atoms with Crippen molar-refractivity contribution < 1.29 is 36.3 Å². The van der Waals surface area contributed by atoms with Gasteiger partial charge in [-0.1, -0.05) is 0 Å². The Morgan fingerprint density at radius 3 is 2.57 bits per heavy atom. The molecule has 186 valence electrons. The molecule has 0 unspecified atom stereocenters. The number of rotatable bonds is 6. The van der Waals surface area contributed by atoms with Crippen LogP contribution in [0.25, 0.3) is 16.7 Å². The van der Waals surface area contributed by atoms with E-state index in [1.807, 2.05) is 0 Å². The first kappa shape index (κ1) is 24.5. The zero-order valence-electron chi connectivity index (χ0n) is 18.3. The normalized spacial score (nSPS) is 18.4. The number of alkyl halides is 5. The highest BCUT2D eigenvalue weighted by Gasteiger charge is 2.36. The number of carbonyl (C=O) groups is 2. The molecule has 2 amide bonds. The predicted molar refractivity (Wildman–Crippen MR) is 113 cm³/mol. The SMILES string of the molecule is CC(=O)N1C[C@@H](NC(=O)c2cc3c(ccn3-c3ccc(C(F)(F)F)cn3)cn2)[C@H](OCC(F)F)C1. The maximum Gasteiger partial charge on any atom is 0.417 e. The number of pyridine rings is 2. The van der Waals surface area contributed by atoms with E-state index in [-0.39, 0.29) is 30.5 Å². The van der Waals surface area contributed by atoms with E-state index in [0.717, 1.165) is 12.3 Å². The van der Waals surface area contributed by atoms with E-state index in [4.69, 9.17) is 4.74 Å². The van der Waals surface area contributed by atoms with Crippen LogP contribution >= 0.6 is 0 Å². The van der Waals surface area contributed by atoms with Crippen molar-refractivity contribution in [3.63, 3.8) is 0 Å². The van der Waals surface area contributed by atoms with Crippen LogP contribution in [0.5, 0.6) is 0 Å². The number of fused-ring (bicyclic) bond motifs is 1. The number of carbonyl (C=O) groups excluding carboxylic acids is 2.